The van der Waals surface area contributed by atoms with E-state index in [0.717, 1.165) is 31.6 Å². The number of aliphatic hydroxyl groups excluding tert-OH is 1. The zero-order valence-electron chi connectivity index (χ0n) is 17.8. The van der Waals surface area contributed by atoms with Crippen LogP contribution in [0.25, 0.3) is 0 Å². The summed E-state index contributed by atoms with van der Waals surface area (Å²) in [6.07, 6.45) is 10.5. The maximum Gasteiger partial charge on any atom is 1.00 e. The van der Waals surface area contributed by atoms with Gasteiger partial charge in [0.2, 0.25) is 5.84 Å². The molecule has 1 aliphatic heterocycles. The topological polar surface area (TPSA) is 107 Å². The van der Waals surface area contributed by atoms with Gasteiger partial charge in [0.1, 0.15) is 19.6 Å². The molecular formula is C19H37N2NaO5S. The average Bonchev–Trinajstić information content (AvgIpc) is 2.93. The Balaban J connectivity index is 0.00000729. The van der Waals surface area contributed by atoms with Gasteiger partial charge in [-0.15, -0.1) is 0 Å². The third-order valence-corrected chi connectivity index (χ3v) is 5.84. The van der Waals surface area contributed by atoms with Crippen molar-refractivity contribution in [2.45, 2.75) is 77.2 Å². The van der Waals surface area contributed by atoms with Crippen LogP contribution in [0.1, 0.15) is 71.1 Å². The number of amidine groups is 1. The fourth-order valence-electron chi connectivity index (χ4n) is 3.69. The molecule has 0 fully saturated rings. The van der Waals surface area contributed by atoms with Gasteiger partial charge < -0.3 is 14.8 Å². The van der Waals surface area contributed by atoms with Gasteiger partial charge in [-0.25, -0.2) is 8.42 Å². The van der Waals surface area contributed by atoms with Crippen LogP contribution >= 0.6 is 0 Å². The first-order valence-corrected chi connectivity index (χ1v) is 12.0. The third kappa shape index (κ3) is 12.8. The molecule has 0 saturated carbocycles. The first-order valence-electron chi connectivity index (χ1n) is 10.4. The summed E-state index contributed by atoms with van der Waals surface area (Å²) in [6, 6.07) is 0. The van der Waals surface area contributed by atoms with Crippen LogP contribution in [0.5, 0.6) is 0 Å². The van der Waals surface area contributed by atoms with E-state index in [0.29, 0.717) is 13.1 Å². The molecule has 0 aromatic carbocycles. The molecule has 7 nitrogen and oxygen atoms in total. The number of nitrogens with zero attached hydrogens (tertiary/aromatic N) is 2. The van der Waals surface area contributed by atoms with Gasteiger partial charge in [-0.3, -0.25) is 9.48 Å². The van der Waals surface area contributed by atoms with Crippen molar-refractivity contribution in [3.63, 3.8) is 0 Å². The van der Waals surface area contributed by atoms with Crippen LogP contribution in [0, 0.1) is 0 Å². The van der Waals surface area contributed by atoms with Crippen LogP contribution in [0.15, 0.2) is 0 Å². The Kier molecular flexibility index (Phi) is 16.2. The predicted octanol–water partition coefficient (Wildman–Crippen LogP) is -2.10. The van der Waals surface area contributed by atoms with Crippen LogP contribution in [-0.4, -0.2) is 78.0 Å². The fourth-order valence-corrected chi connectivity index (χ4v) is 4.25. The van der Waals surface area contributed by atoms with Crippen molar-refractivity contribution in [1.29, 1.82) is 0 Å². The molecule has 0 aliphatic carbocycles. The minimum atomic E-state index is -4.49. The van der Waals surface area contributed by atoms with Crippen molar-refractivity contribution in [2.75, 3.05) is 38.5 Å². The van der Waals surface area contributed by atoms with E-state index in [1.807, 2.05) is 4.58 Å². The standard InChI is InChI=1S/C19H38N2O5S.Na/c1-2-3-4-5-6-7-8-9-10-11-19-20(14-15-22)12-13-21(19)16-18(23)17-27(24,25)26;/h18,22H,2-17H2,1H3,(H,24,25,26);/q;+1/p-1. The van der Waals surface area contributed by atoms with Crippen molar-refractivity contribution in [3.05, 3.63) is 0 Å². The first-order chi connectivity index (χ1) is 12.9. The van der Waals surface area contributed by atoms with Crippen LogP contribution in [-0.2, 0) is 10.1 Å². The Morgan fingerprint density at radius 2 is 1.68 bits per heavy atom. The van der Waals surface area contributed by atoms with E-state index in [1.165, 1.54) is 44.9 Å². The Labute approximate surface area is 193 Å². The molecule has 28 heavy (non-hydrogen) atoms. The van der Waals surface area contributed by atoms with Crippen molar-refractivity contribution in [2.24, 2.45) is 0 Å². The van der Waals surface area contributed by atoms with Crippen LogP contribution < -0.4 is 34.7 Å². The van der Waals surface area contributed by atoms with Gasteiger partial charge in [-0.2, -0.15) is 0 Å². The summed E-state index contributed by atoms with van der Waals surface area (Å²) in [5.74, 6) is 0.144. The quantitative estimate of drug-likeness (QED) is 0.131. The molecule has 1 heterocycles. The van der Waals surface area contributed by atoms with Crippen molar-refractivity contribution in [1.82, 2.24) is 4.90 Å². The molecule has 0 radical (unpaired) electrons. The van der Waals surface area contributed by atoms with Crippen molar-refractivity contribution in [3.8, 4) is 0 Å². The Morgan fingerprint density at radius 3 is 2.21 bits per heavy atom. The Bertz CT molecular complexity index is 542. The smallest absolute Gasteiger partial charge is 0.848 e. The second kappa shape index (κ2) is 16.1. The number of hydrogen-bond acceptors (Lipinski definition) is 6. The normalized spacial score (nSPS) is 15.8. The summed E-state index contributed by atoms with van der Waals surface area (Å²) < 4.78 is 34.3. The van der Waals surface area contributed by atoms with Gasteiger partial charge in [-0.05, 0) is 6.42 Å². The summed E-state index contributed by atoms with van der Waals surface area (Å²) in [4.78, 5) is 2.07. The minimum absolute atomic E-state index is 0. The first kappa shape index (κ1) is 28.3. The molecule has 1 unspecified atom stereocenters. The zero-order valence-corrected chi connectivity index (χ0v) is 20.6. The van der Waals surface area contributed by atoms with Gasteiger partial charge in [0, 0.05) is 12.2 Å². The van der Waals surface area contributed by atoms with Crippen LogP contribution in [0.2, 0.25) is 0 Å². The molecule has 9 heteroatoms. The summed E-state index contributed by atoms with van der Waals surface area (Å²) in [6.45, 7) is 4.20. The minimum Gasteiger partial charge on any atom is -0.848 e. The maximum absolute atomic E-state index is 11.9. The van der Waals surface area contributed by atoms with E-state index in [1.54, 1.807) is 0 Å². The molecule has 1 atom stereocenters. The summed E-state index contributed by atoms with van der Waals surface area (Å²) in [5, 5.41) is 21.2. The maximum atomic E-state index is 11.9. The molecule has 0 aromatic heterocycles. The third-order valence-electron chi connectivity index (χ3n) is 5.06. The number of β-amino-alcohol motifs (C(OH)–C–C–N with tert-alkyl or cyclic N) is 1. The molecule has 0 amide bonds. The number of rotatable bonds is 16. The summed E-state index contributed by atoms with van der Waals surface area (Å²) in [5.41, 5.74) is 0. The van der Waals surface area contributed by atoms with E-state index in [2.05, 4.69) is 11.8 Å². The summed E-state index contributed by atoms with van der Waals surface area (Å²) in [7, 11) is -4.49. The van der Waals surface area contributed by atoms with Crippen LogP contribution in [0.3, 0.4) is 0 Å². The van der Waals surface area contributed by atoms with E-state index in [4.69, 9.17) is 0 Å². The average molecular weight is 429 g/mol. The van der Waals surface area contributed by atoms with Crippen molar-refractivity contribution >= 4 is 16.0 Å². The molecule has 1 N–H and O–H groups in total. The van der Waals surface area contributed by atoms with Gasteiger partial charge in [0.25, 0.3) is 0 Å². The van der Waals surface area contributed by atoms with Gasteiger partial charge in [0.15, 0.2) is 0 Å². The molecular weight excluding hydrogens is 391 g/mol. The van der Waals surface area contributed by atoms with Gasteiger partial charge in [-0.1, -0.05) is 64.4 Å². The SMILES string of the molecule is CCCCCCCCCCCC1=[N+](CC([O-])CS(=O)(=O)[O-])CCN1CCO.[Na+]. The van der Waals surface area contributed by atoms with E-state index >= 15 is 0 Å². The monoisotopic (exact) mass is 428 g/mol. The van der Waals surface area contributed by atoms with Crippen LogP contribution in [0.4, 0.5) is 0 Å². The van der Waals surface area contributed by atoms with E-state index < -0.39 is 22.0 Å². The second-order valence-corrected chi connectivity index (χ2v) is 8.95. The van der Waals surface area contributed by atoms with E-state index in [9.17, 15) is 23.2 Å². The van der Waals surface area contributed by atoms with Gasteiger partial charge in [0.05, 0.1) is 23.3 Å². The molecule has 0 spiro atoms. The van der Waals surface area contributed by atoms with Gasteiger partial charge >= 0.3 is 29.6 Å². The molecule has 0 saturated heterocycles. The fraction of sp³-hybridized carbons (Fsp3) is 0.947. The molecule has 0 bridgehead atoms. The molecule has 0 aromatic rings. The predicted molar refractivity (Wildman–Crippen MR) is 104 cm³/mol. The van der Waals surface area contributed by atoms with E-state index in [-0.39, 0.29) is 42.7 Å². The molecule has 160 valence electrons. The van der Waals surface area contributed by atoms with Crippen molar-refractivity contribution < 1.29 is 57.3 Å². The summed E-state index contributed by atoms with van der Waals surface area (Å²) >= 11 is 0. The largest absolute Gasteiger partial charge is 1.00 e. The molecule has 1 aliphatic rings. The number of hydrogen-bond donors (Lipinski definition) is 1. The zero-order chi connectivity index (χ0) is 20.1. The second-order valence-electron chi connectivity index (χ2n) is 7.50. The number of unbranched alkanes of at least 4 members (excludes halogenated alkanes) is 8. The Hall–Kier alpha value is 0.300. The number of aliphatic hydroxyl groups is 1. The molecule has 1 rings (SSSR count). The Morgan fingerprint density at radius 1 is 1.11 bits per heavy atom.